The Morgan fingerprint density at radius 1 is 1.21 bits per heavy atom. The average molecular weight is 389 g/mol. The average Bonchev–Trinajstić information content (AvgIpc) is 2.94. The predicted octanol–water partition coefficient (Wildman–Crippen LogP) is 2.99. The molecule has 0 N–H and O–H groups in total. The molecule has 0 aliphatic rings. The lowest BCUT2D eigenvalue weighted by molar-refractivity contribution is -0.107. The van der Waals surface area contributed by atoms with Gasteiger partial charge in [0.05, 0.1) is 4.90 Å². The Labute approximate surface area is 153 Å². The Bertz CT molecular complexity index is 825. The molecule has 0 radical (unpaired) electrons. The van der Waals surface area contributed by atoms with Gasteiger partial charge in [0, 0.05) is 18.9 Å². The molecule has 0 unspecified atom stereocenters. The number of carbonyl (C=O) groups is 1. The molecular formula is C16H18Cl2N2O3S. The Hall–Kier alpha value is -1.60. The molecule has 0 aliphatic carbocycles. The van der Waals surface area contributed by atoms with Gasteiger partial charge in [-0.3, -0.25) is 4.79 Å². The maximum Gasteiger partial charge on any atom is 0.267 e. The summed E-state index contributed by atoms with van der Waals surface area (Å²) >= 11 is 5.22. The third-order valence-corrected chi connectivity index (χ3v) is 4.87. The maximum atomic E-state index is 12.6. The molecule has 1 aromatic carbocycles. The van der Waals surface area contributed by atoms with E-state index in [4.69, 9.17) is 11.6 Å². The number of benzene rings is 1. The fourth-order valence-electron chi connectivity index (χ4n) is 2.06. The van der Waals surface area contributed by atoms with Crippen LogP contribution in [-0.4, -0.2) is 36.6 Å². The van der Waals surface area contributed by atoms with Crippen LogP contribution < -0.4 is 0 Å². The highest BCUT2D eigenvalue weighted by molar-refractivity contribution is 7.90. The Morgan fingerprint density at radius 2 is 1.83 bits per heavy atom. The van der Waals surface area contributed by atoms with Crippen LogP contribution in [0.25, 0.3) is 6.08 Å². The number of hydrogen-bond donors (Lipinski definition) is 0. The number of aromatic nitrogens is 1. The van der Waals surface area contributed by atoms with Crippen LogP contribution in [0, 0.1) is 0 Å². The second kappa shape index (κ2) is 8.48. The minimum atomic E-state index is -3.65. The maximum absolute atomic E-state index is 12.6. The first-order valence-electron chi connectivity index (χ1n) is 6.84. The highest BCUT2D eigenvalue weighted by Gasteiger charge is 2.16. The Balaban J connectivity index is 0.00000288. The van der Waals surface area contributed by atoms with E-state index in [9.17, 15) is 13.2 Å². The van der Waals surface area contributed by atoms with Crippen LogP contribution in [0.1, 0.15) is 11.1 Å². The molecule has 0 saturated carbocycles. The van der Waals surface area contributed by atoms with E-state index in [2.05, 4.69) is 0 Å². The summed E-state index contributed by atoms with van der Waals surface area (Å²) in [5.74, 6) is 0. The fraction of sp³-hybridized carbons (Fsp3) is 0.188. The number of nitrogens with zero attached hydrogens (tertiary/aromatic N) is 2. The van der Waals surface area contributed by atoms with Crippen molar-refractivity contribution in [1.29, 1.82) is 0 Å². The van der Waals surface area contributed by atoms with Crippen molar-refractivity contribution < 1.29 is 13.2 Å². The summed E-state index contributed by atoms with van der Waals surface area (Å²) in [6.45, 7) is 0.741. The Morgan fingerprint density at radius 3 is 2.38 bits per heavy atom. The summed E-state index contributed by atoms with van der Waals surface area (Å²) in [5, 5.41) is -0.614. The van der Waals surface area contributed by atoms with E-state index in [1.54, 1.807) is 30.3 Å². The molecule has 0 aliphatic heterocycles. The van der Waals surface area contributed by atoms with E-state index in [1.165, 1.54) is 24.5 Å². The predicted molar refractivity (Wildman–Crippen MR) is 98.0 cm³/mol. The molecule has 2 rings (SSSR count). The lowest BCUT2D eigenvalue weighted by Gasteiger charge is -2.10. The molecule has 1 aromatic heterocycles. The second-order valence-corrected chi connectivity index (χ2v) is 7.51. The van der Waals surface area contributed by atoms with Crippen LogP contribution in [0.3, 0.4) is 0 Å². The molecule has 0 atom stereocenters. The van der Waals surface area contributed by atoms with E-state index in [-0.39, 0.29) is 17.3 Å². The zero-order valence-corrected chi connectivity index (χ0v) is 15.6. The first kappa shape index (κ1) is 20.4. The van der Waals surface area contributed by atoms with Gasteiger partial charge in [0.15, 0.2) is 0 Å². The number of halogens is 2. The first-order valence-corrected chi connectivity index (χ1v) is 8.65. The van der Waals surface area contributed by atoms with Crippen molar-refractivity contribution in [3.8, 4) is 0 Å². The molecule has 0 spiro atoms. The van der Waals surface area contributed by atoms with Crippen molar-refractivity contribution in [3.63, 3.8) is 0 Å². The normalized spacial score (nSPS) is 11.7. The zero-order valence-electron chi connectivity index (χ0n) is 13.2. The van der Waals surface area contributed by atoms with Crippen LogP contribution in [0.5, 0.6) is 0 Å². The summed E-state index contributed by atoms with van der Waals surface area (Å²) < 4.78 is 26.2. The van der Waals surface area contributed by atoms with Gasteiger partial charge >= 0.3 is 0 Å². The molecule has 1 heterocycles. The second-order valence-electron chi connectivity index (χ2n) is 5.30. The molecular weight excluding hydrogens is 371 g/mol. The number of carbonyl (C=O) groups excluding carboxylic acids is 1. The SMILES string of the molecule is CN(C)Cc1ccc(S(=O)(=O)n2ccc(/C=C/C(=O)Cl)c2)cc1.Cl. The van der Waals surface area contributed by atoms with Gasteiger partial charge in [0.1, 0.15) is 0 Å². The largest absolute Gasteiger partial charge is 0.305 e. The van der Waals surface area contributed by atoms with Gasteiger partial charge in [-0.1, -0.05) is 12.1 Å². The summed E-state index contributed by atoms with van der Waals surface area (Å²) in [7, 11) is 0.248. The van der Waals surface area contributed by atoms with E-state index < -0.39 is 15.3 Å². The van der Waals surface area contributed by atoms with Crippen molar-refractivity contribution in [2.45, 2.75) is 11.4 Å². The number of hydrogen-bond acceptors (Lipinski definition) is 4. The van der Waals surface area contributed by atoms with Crippen LogP contribution >= 0.6 is 24.0 Å². The minimum absolute atomic E-state index is 0. The lowest BCUT2D eigenvalue weighted by Crippen LogP contribution is -2.12. The van der Waals surface area contributed by atoms with Gasteiger partial charge in [0.25, 0.3) is 10.0 Å². The molecule has 0 bridgehead atoms. The van der Waals surface area contributed by atoms with Crippen LogP contribution in [0.4, 0.5) is 0 Å². The van der Waals surface area contributed by atoms with E-state index in [0.717, 1.165) is 16.1 Å². The van der Waals surface area contributed by atoms with E-state index in [1.807, 2.05) is 19.0 Å². The highest BCUT2D eigenvalue weighted by Crippen LogP contribution is 2.17. The standard InChI is InChI=1S/C16H17ClN2O3S.ClH/c1-18(2)11-13-3-6-15(7-4-13)23(21,22)19-10-9-14(12-19)5-8-16(17)20;/h3-10,12H,11H2,1-2H3;1H/b8-5+;. The van der Waals surface area contributed by atoms with Crippen molar-refractivity contribution >= 4 is 45.3 Å². The van der Waals surface area contributed by atoms with Crippen molar-refractivity contribution in [1.82, 2.24) is 8.87 Å². The molecule has 5 nitrogen and oxygen atoms in total. The molecule has 0 fully saturated rings. The molecule has 0 saturated heterocycles. The van der Waals surface area contributed by atoms with Gasteiger partial charge in [-0.05, 0) is 67.2 Å². The van der Waals surface area contributed by atoms with Gasteiger partial charge in [0.2, 0.25) is 5.24 Å². The van der Waals surface area contributed by atoms with Gasteiger partial charge in [-0.15, -0.1) is 12.4 Å². The fourth-order valence-corrected chi connectivity index (χ4v) is 3.32. The number of rotatable bonds is 6. The number of allylic oxidation sites excluding steroid dienone is 1. The topological polar surface area (TPSA) is 59.4 Å². The highest BCUT2D eigenvalue weighted by atomic mass is 35.5. The molecule has 8 heteroatoms. The van der Waals surface area contributed by atoms with Crippen LogP contribution in [0.2, 0.25) is 0 Å². The van der Waals surface area contributed by atoms with Crippen molar-refractivity contribution in [2.24, 2.45) is 0 Å². The lowest BCUT2D eigenvalue weighted by atomic mass is 10.2. The first-order chi connectivity index (χ1) is 10.8. The van der Waals surface area contributed by atoms with Crippen LogP contribution in [-0.2, 0) is 21.4 Å². The zero-order chi connectivity index (χ0) is 17.0. The summed E-state index contributed by atoms with van der Waals surface area (Å²) in [6, 6.07) is 8.36. The van der Waals surface area contributed by atoms with Gasteiger partial charge in [-0.25, -0.2) is 12.4 Å². The summed E-state index contributed by atoms with van der Waals surface area (Å²) in [5.41, 5.74) is 1.61. The quantitative estimate of drug-likeness (QED) is 0.563. The van der Waals surface area contributed by atoms with Crippen molar-refractivity contribution in [3.05, 3.63) is 59.9 Å². The van der Waals surface area contributed by atoms with E-state index in [0.29, 0.717) is 5.56 Å². The van der Waals surface area contributed by atoms with Gasteiger partial charge in [-0.2, -0.15) is 0 Å². The molecule has 0 amide bonds. The van der Waals surface area contributed by atoms with Crippen LogP contribution in [0.15, 0.2) is 53.7 Å². The molecule has 130 valence electrons. The van der Waals surface area contributed by atoms with E-state index >= 15 is 0 Å². The molecule has 2 aromatic rings. The Kier molecular flexibility index (Phi) is 7.23. The third-order valence-electron chi connectivity index (χ3n) is 3.09. The smallest absolute Gasteiger partial charge is 0.267 e. The third kappa shape index (κ3) is 5.21. The molecule has 24 heavy (non-hydrogen) atoms. The summed E-state index contributed by atoms with van der Waals surface area (Å²) in [6.07, 6.45) is 5.49. The van der Waals surface area contributed by atoms with Crippen molar-refractivity contribution in [2.75, 3.05) is 14.1 Å². The van der Waals surface area contributed by atoms with Gasteiger partial charge < -0.3 is 4.90 Å². The minimum Gasteiger partial charge on any atom is -0.305 e. The summed E-state index contributed by atoms with van der Waals surface area (Å²) in [4.78, 5) is 12.9. The monoisotopic (exact) mass is 388 g/mol.